The van der Waals surface area contributed by atoms with E-state index in [4.69, 9.17) is 0 Å². The summed E-state index contributed by atoms with van der Waals surface area (Å²) < 4.78 is 36.5. The predicted octanol–water partition coefficient (Wildman–Crippen LogP) is 2.30. The van der Waals surface area contributed by atoms with Crippen LogP contribution in [0.3, 0.4) is 0 Å². The highest BCUT2D eigenvalue weighted by molar-refractivity contribution is 7.90. The van der Waals surface area contributed by atoms with Gasteiger partial charge in [0.1, 0.15) is 11.2 Å². The second-order valence-electron chi connectivity index (χ2n) is 6.56. The van der Waals surface area contributed by atoms with Gasteiger partial charge in [0.2, 0.25) is 0 Å². The molecule has 0 aromatic heterocycles. The molecule has 0 bridgehead atoms. The highest BCUT2D eigenvalue weighted by Crippen LogP contribution is 2.54. The molecule has 2 aromatic rings. The van der Waals surface area contributed by atoms with Gasteiger partial charge >= 0.3 is 0 Å². The molecule has 6 nitrogen and oxygen atoms in total. The zero-order chi connectivity index (χ0) is 18.7. The van der Waals surface area contributed by atoms with E-state index >= 15 is 0 Å². The molecule has 0 unspecified atom stereocenters. The fourth-order valence-electron chi connectivity index (χ4n) is 3.11. The second-order valence-corrected chi connectivity index (χ2v) is 8.57. The minimum Gasteiger partial charge on any atom is -0.271 e. The molecule has 1 saturated carbocycles. The van der Waals surface area contributed by atoms with E-state index in [1.54, 1.807) is 0 Å². The number of carbonyl (C=O) groups excluding carboxylic acids is 2. The Morgan fingerprint density at radius 2 is 1.27 bits per heavy atom. The summed E-state index contributed by atoms with van der Waals surface area (Å²) in [5.41, 5.74) is -0.297. The third-order valence-corrected chi connectivity index (χ3v) is 5.86. The normalized spacial score (nSPS) is 18.7. The molecule has 1 heterocycles. The van der Waals surface area contributed by atoms with Crippen molar-refractivity contribution in [3.05, 3.63) is 54.3 Å². The molecule has 2 aliphatic rings. The van der Waals surface area contributed by atoms with Crippen LogP contribution in [0.1, 0.15) is 12.8 Å². The summed E-state index contributed by atoms with van der Waals surface area (Å²) in [6.07, 6.45) is 2.04. The van der Waals surface area contributed by atoms with Crippen LogP contribution in [0.25, 0.3) is 0 Å². The lowest BCUT2D eigenvalue weighted by Crippen LogP contribution is -2.41. The number of halogens is 1. The third kappa shape index (κ3) is 2.40. The number of hydrogen-bond acceptors (Lipinski definition) is 4. The molecule has 1 aliphatic carbocycles. The number of nitrogens with zero attached hydrogens (tertiary/aromatic N) is 2. The maximum Gasteiger partial charge on any atom is 0.261 e. The summed E-state index contributed by atoms with van der Waals surface area (Å²) >= 11 is 0. The van der Waals surface area contributed by atoms with Crippen LogP contribution in [-0.4, -0.2) is 26.5 Å². The summed E-state index contributed by atoms with van der Waals surface area (Å²) in [7, 11) is -3.37. The number of sulfone groups is 1. The molecule has 0 radical (unpaired) electrons. The van der Waals surface area contributed by atoms with Crippen molar-refractivity contribution in [2.24, 2.45) is 5.41 Å². The van der Waals surface area contributed by atoms with Crippen molar-refractivity contribution in [1.29, 1.82) is 0 Å². The van der Waals surface area contributed by atoms with Gasteiger partial charge in [-0.25, -0.2) is 22.8 Å². The van der Waals surface area contributed by atoms with Gasteiger partial charge in [0.15, 0.2) is 9.84 Å². The van der Waals surface area contributed by atoms with E-state index in [-0.39, 0.29) is 16.7 Å². The van der Waals surface area contributed by atoms with Gasteiger partial charge in [0, 0.05) is 6.26 Å². The Balaban J connectivity index is 1.80. The van der Waals surface area contributed by atoms with E-state index in [2.05, 4.69) is 0 Å². The lowest BCUT2D eigenvalue weighted by molar-refractivity contribution is -0.128. The lowest BCUT2D eigenvalue weighted by atomic mass is 10.1. The topological polar surface area (TPSA) is 74.8 Å². The molecule has 1 saturated heterocycles. The smallest absolute Gasteiger partial charge is 0.261 e. The minimum absolute atomic E-state index is 0.119. The zero-order valence-electron chi connectivity index (χ0n) is 13.8. The van der Waals surface area contributed by atoms with Crippen molar-refractivity contribution in [2.45, 2.75) is 17.7 Å². The molecule has 2 amide bonds. The van der Waals surface area contributed by atoms with E-state index < -0.39 is 21.1 Å². The van der Waals surface area contributed by atoms with Crippen molar-refractivity contribution in [2.75, 3.05) is 16.3 Å². The Hall–Kier alpha value is -2.74. The van der Waals surface area contributed by atoms with E-state index in [0.29, 0.717) is 24.2 Å². The van der Waals surface area contributed by atoms with Crippen LogP contribution in [0.2, 0.25) is 0 Å². The average Bonchev–Trinajstić information content (AvgIpc) is 3.37. The van der Waals surface area contributed by atoms with Gasteiger partial charge in [-0.15, -0.1) is 0 Å². The Kier molecular flexibility index (Phi) is 3.46. The van der Waals surface area contributed by atoms with Crippen LogP contribution in [0.4, 0.5) is 15.8 Å². The fraction of sp³-hybridized carbons (Fsp3) is 0.222. The van der Waals surface area contributed by atoms with Crippen molar-refractivity contribution in [3.8, 4) is 0 Å². The summed E-state index contributed by atoms with van der Waals surface area (Å²) in [6.45, 7) is 0. The molecule has 0 N–H and O–H groups in total. The van der Waals surface area contributed by atoms with Crippen LogP contribution in [-0.2, 0) is 19.4 Å². The summed E-state index contributed by atoms with van der Waals surface area (Å²) in [6, 6.07) is 11.1. The minimum atomic E-state index is -3.37. The fourth-order valence-corrected chi connectivity index (χ4v) is 3.74. The van der Waals surface area contributed by atoms with Crippen LogP contribution in [0.15, 0.2) is 53.4 Å². The van der Waals surface area contributed by atoms with Gasteiger partial charge in [0.05, 0.1) is 16.3 Å². The monoisotopic (exact) mass is 374 g/mol. The highest BCUT2D eigenvalue weighted by Gasteiger charge is 2.66. The third-order valence-electron chi connectivity index (χ3n) is 4.73. The molecular formula is C18H15FN2O4S. The first-order valence-electron chi connectivity index (χ1n) is 7.99. The van der Waals surface area contributed by atoms with E-state index in [9.17, 15) is 22.4 Å². The van der Waals surface area contributed by atoms with Crippen molar-refractivity contribution >= 4 is 33.0 Å². The number of hydrazine groups is 1. The average molecular weight is 374 g/mol. The SMILES string of the molecule is CS(=O)(=O)c1ccc(N2C(=O)C3(CC3)C(=O)N2c2ccc(F)cc2)cc1. The van der Waals surface area contributed by atoms with Gasteiger partial charge in [-0.3, -0.25) is 9.59 Å². The maximum atomic E-state index is 13.2. The molecule has 2 aromatic carbocycles. The quantitative estimate of drug-likeness (QED) is 0.773. The Bertz CT molecular complexity index is 1010. The van der Waals surface area contributed by atoms with E-state index in [1.807, 2.05) is 0 Å². The van der Waals surface area contributed by atoms with E-state index in [0.717, 1.165) is 6.26 Å². The van der Waals surface area contributed by atoms with Crippen LogP contribution < -0.4 is 10.0 Å². The van der Waals surface area contributed by atoms with Crippen LogP contribution in [0.5, 0.6) is 0 Å². The number of rotatable bonds is 3. The molecule has 8 heteroatoms. The number of anilines is 2. The first kappa shape index (κ1) is 16.7. The molecule has 2 fully saturated rings. The predicted molar refractivity (Wildman–Crippen MR) is 92.6 cm³/mol. The zero-order valence-corrected chi connectivity index (χ0v) is 14.7. The number of benzene rings is 2. The van der Waals surface area contributed by atoms with Crippen molar-refractivity contribution < 1.29 is 22.4 Å². The van der Waals surface area contributed by atoms with E-state index in [1.165, 1.54) is 58.5 Å². The standard InChI is InChI=1S/C18H15FN2O4S/c1-26(24,25)15-8-6-14(7-9-15)21-17(23)18(10-11-18)16(22)20(21)13-4-2-12(19)3-5-13/h2-9H,10-11H2,1H3. The van der Waals surface area contributed by atoms with Crippen molar-refractivity contribution in [3.63, 3.8) is 0 Å². The maximum absolute atomic E-state index is 13.2. The number of carbonyl (C=O) groups is 2. The Labute approximate surface area is 149 Å². The molecule has 134 valence electrons. The number of amides is 2. The summed E-state index contributed by atoms with van der Waals surface area (Å²) in [5.74, 6) is -1.14. The first-order chi connectivity index (χ1) is 12.2. The van der Waals surface area contributed by atoms with Gasteiger partial charge < -0.3 is 0 Å². The van der Waals surface area contributed by atoms with Crippen LogP contribution >= 0.6 is 0 Å². The second kappa shape index (κ2) is 5.38. The van der Waals surface area contributed by atoms with Crippen LogP contribution in [0, 0.1) is 11.2 Å². The largest absolute Gasteiger partial charge is 0.271 e. The lowest BCUT2D eigenvalue weighted by Gasteiger charge is -2.27. The first-order valence-corrected chi connectivity index (χ1v) is 9.88. The summed E-state index contributed by atoms with van der Waals surface area (Å²) in [4.78, 5) is 25.9. The Morgan fingerprint density at radius 3 is 1.65 bits per heavy atom. The number of hydrogen-bond donors (Lipinski definition) is 0. The molecule has 1 aliphatic heterocycles. The molecular weight excluding hydrogens is 359 g/mol. The molecule has 1 spiro atoms. The molecule has 4 rings (SSSR count). The van der Waals surface area contributed by atoms with Gasteiger partial charge in [-0.05, 0) is 61.4 Å². The molecule has 0 atom stereocenters. The van der Waals surface area contributed by atoms with Gasteiger partial charge in [-0.2, -0.15) is 0 Å². The van der Waals surface area contributed by atoms with Crippen molar-refractivity contribution in [1.82, 2.24) is 0 Å². The highest BCUT2D eigenvalue weighted by atomic mass is 32.2. The Morgan fingerprint density at radius 1 is 0.846 bits per heavy atom. The van der Waals surface area contributed by atoms with Gasteiger partial charge in [-0.1, -0.05) is 0 Å². The molecule has 26 heavy (non-hydrogen) atoms. The summed E-state index contributed by atoms with van der Waals surface area (Å²) in [5, 5.41) is 2.48. The van der Waals surface area contributed by atoms with Gasteiger partial charge in [0.25, 0.3) is 11.8 Å².